The van der Waals surface area contributed by atoms with Crippen LogP contribution in [0.25, 0.3) is 0 Å². The summed E-state index contributed by atoms with van der Waals surface area (Å²) in [7, 11) is 0. The zero-order valence-corrected chi connectivity index (χ0v) is 15.7. The number of rotatable bonds is 4. The number of aromatic nitrogens is 2. The van der Waals surface area contributed by atoms with Gasteiger partial charge >= 0.3 is 0 Å². The maximum absolute atomic E-state index is 10.4. The Morgan fingerprint density at radius 2 is 1.83 bits per heavy atom. The molecule has 4 N–H and O–H groups in total. The fourth-order valence-corrected chi connectivity index (χ4v) is 2.96. The van der Waals surface area contributed by atoms with Crippen molar-refractivity contribution < 1.29 is 10.2 Å². The lowest BCUT2D eigenvalue weighted by Crippen LogP contribution is -2.36. The second-order valence-electron chi connectivity index (χ2n) is 8.59. The van der Waals surface area contributed by atoms with Crippen LogP contribution in [0.15, 0.2) is 6.20 Å². The molecule has 1 aliphatic carbocycles. The van der Waals surface area contributed by atoms with Crippen molar-refractivity contribution in [3.05, 3.63) is 11.8 Å². The van der Waals surface area contributed by atoms with Crippen LogP contribution >= 0.6 is 0 Å². The summed E-state index contributed by atoms with van der Waals surface area (Å²) < 4.78 is 0. The molecule has 1 fully saturated rings. The SMILES string of the molecule is C[C@@H]1CC[C@@H](Nc2nc(NC(C)(C)C)ncc2C(C)(C)O)C[C@H]1O. The molecule has 1 aromatic rings. The van der Waals surface area contributed by atoms with Crippen molar-refractivity contribution >= 4 is 11.8 Å². The van der Waals surface area contributed by atoms with Gasteiger partial charge in [0.05, 0.1) is 11.7 Å². The predicted molar refractivity (Wildman–Crippen MR) is 97.1 cm³/mol. The third-order valence-electron chi connectivity index (χ3n) is 4.43. The van der Waals surface area contributed by atoms with Gasteiger partial charge in [0.1, 0.15) is 5.82 Å². The van der Waals surface area contributed by atoms with Gasteiger partial charge in [-0.05, 0) is 59.8 Å². The first-order valence-corrected chi connectivity index (χ1v) is 8.78. The van der Waals surface area contributed by atoms with Gasteiger partial charge in [0.2, 0.25) is 5.95 Å². The highest BCUT2D eigenvalue weighted by Gasteiger charge is 2.29. The van der Waals surface area contributed by atoms with Crippen LogP contribution in [0.3, 0.4) is 0 Å². The number of hydrogen-bond acceptors (Lipinski definition) is 6. The molecule has 1 saturated carbocycles. The van der Waals surface area contributed by atoms with Gasteiger partial charge in [-0.3, -0.25) is 0 Å². The summed E-state index contributed by atoms with van der Waals surface area (Å²) in [4.78, 5) is 8.93. The summed E-state index contributed by atoms with van der Waals surface area (Å²) in [5.41, 5.74) is -0.525. The summed E-state index contributed by atoms with van der Waals surface area (Å²) in [6.45, 7) is 11.7. The average molecular weight is 336 g/mol. The fourth-order valence-electron chi connectivity index (χ4n) is 2.96. The van der Waals surface area contributed by atoms with Gasteiger partial charge in [0.25, 0.3) is 0 Å². The smallest absolute Gasteiger partial charge is 0.225 e. The molecule has 1 aromatic heterocycles. The summed E-state index contributed by atoms with van der Waals surface area (Å²) in [6.07, 6.45) is 4.03. The lowest BCUT2D eigenvalue weighted by Gasteiger charge is -2.33. The highest BCUT2D eigenvalue weighted by molar-refractivity contribution is 5.50. The maximum atomic E-state index is 10.4. The number of nitrogens with one attached hydrogen (secondary N) is 2. The monoisotopic (exact) mass is 336 g/mol. The minimum atomic E-state index is -1.04. The second kappa shape index (κ2) is 6.84. The van der Waals surface area contributed by atoms with Crippen LogP contribution in [0.1, 0.15) is 66.4 Å². The van der Waals surface area contributed by atoms with Gasteiger partial charge in [-0.2, -0.15) is 4.98 Å². The predicted octanol–water partition coefficient (Wildman–Crippen LogP) is 2.88. The van der Waals surface area contributed by atoms with E-state index in [1.165, 1.54) is 0 Å². The van der Waals surface area contributed by atoms with Crippen LogP contribution in [0.4, 0.5) is 11.8 Å². The Labute approximate surface area is 145 Å². The molecule has 0 saturated heterocycles. The van der Waals surface area contributed by atoms with Crippen molar-refractivity contribution in [2.45, 2.75) is 84.1 Å². The van der Waals surface area contributed by atoms with E-state index in [0.717, 1.165) is 12.8 Å². The van der Waals surface area contributed by atoms with E-state index in [2.05, 4.69) is 27.5 Å². The first-order chi connectivity index (χ1) is 11.0. The third-order valence-corrected chi connectivity index (χ3v) is 4.43. The summed E-state index contributed by atoms with van der Waals surface area (Å²) in [5, 5.41) is 27.2. The Morgan fingerprint density at radius 3 is 2.38 bits per heavy atom. The van der Waals surface area contributed by atoms with E-state index >= 15 is 0 Å². The molecule has 0 unspecified atom stereocenters. The molecule has 1 aliphatic rings. The Bertz CT molecular complexity index is 563. The number of anilines is 2. The number of aliphatic hydroxyl groups is 2. The molecule has 3 atom stereocenters. The molecule has 0 amide bonds. The Hall–Kier alpha value is -1.40. The molecular formula is C18H32N4O2. The molecule has 0 aliphatic heterocycles. The van der Waals surface area contributed by atoms with Crippen LogP contribution in [-0.4, -0.2) is 37.9 Å². The Balaban J connectivity index is 2.25. The zero-order chi connectivity index (χ0) is 18.1. The Morgan fingerprint density at radius 1 is 1.17 bits per heavy atom. The normalized spacial score (nSPS) is 25.4. The molecule has 2 rings (SSSR count). The van der Waals surface area contributed by atoms with E-state index in [-0.39, 0.29) is 17.7 Å². The molecular weight excluding hydrogens is 304 g/mol. The molecule has 6 heteroatoms. The van der Waals surface area contributed by atoms with Crippen molar-refractivity contribution in [1.82, 2.24) is 9.97 Å². The first kappa shape index (κ1) is 18.9. The van der Waals surface area contributed by atoms with Crippen molar-refractivity contribution in [3.63, 3.8) is 0 Å². The van der Waals surface area contributed by atoms with Crippen molar-refractivity contribution in [1.29, 1.82) is 0 Å². The number of nitrogens with zero attached hydrogens (tertiary/aromatic N) is 2. The molecule has 1 heterocycles. The van der Waals surface area contributed by atoms with Gasteiger partial charge in [-0.15, -0.1) is 0 Å². The quantitative estimate of drug-likeness (QED) is 0.676. The largest absolute Gasteiger partial charge is 0.393 e. The van der Waals surface area contributed by atoms with Gasteiger partial charge in [0.15, 0.2) is 0 Å². The van der Waals surface area contributed by atoms with E-state index in [1.54, 1.807) is 20.0 Å². The first-order valence-electron chi connectivity index (χ1n) is 8.78. The van der Waals surface area contributed by atoms with E-state index in [4.69, 9.17) is 0 Å². The minimum Gasteiger partial charge on any atom is -0.393 e. The van der Waals surface area contributed by atoms with Crippen LogP contribution < -0.4 is 10.6 Å². The van der Waals surface area contributed by atoms with E-state index in [1.807, 2.05) is 20.8 Å². The molecule has 0 radical (unpaired) electrons. The lowest BCUT2D eigenvalue weighted by atomic mass is 9.84. The van der Waals surface area contributed by atoms with Crippen LogP contribution in [-0.2, 0) is 5.60 Å². The fraction of sp³-hybridized carbons (Fsp3) is 0.778. The van der Waals surface area contributed by atoms with Crippen LogP contribution in [0.5, 0.6) is 0 Å². The van der Waals surface area contributed by atoms with Gasteiger partial charge in [0, 0.05) is 23.3 Å². The van der Waals surface area contributed by atoms with E-state index in [9.17, 15) is 10.2 Å². The summed E-state index contributed by atoms with van der Waals surface area (Å²) in [6, 6.07) is 0.148. The molecule has 0 aromatic carbocycles. The highest BCUT2D eigenvalue weighted by atomic mass is 16.3. The number of hydrogen-bond donors (Lipinski definition) is 4. The van der Waals surface area contributed by atoms with Gasteiger partial charge in [-0.1, -0.05) is 6.92 Å². The number of aliphatic hydroxyl groups excluding tert-OH is 1. The lowest BCUT2D eigenvalue weighted by molar-refractivity contribution is 0.0727. The molecule has 136 valence electrons. The minimum absolute atomic E-state index is 0.148. The zero-order valence-electron chi connectivity index (χ0n) is 15.7. The Kier molecular flexibility index (Phi) is 5.40. The average Bonchev–Trinajstić information content (AvgIpc) is 2.40. The summed E-state index contributed by atoms with van der Waals surface area (Å²) >= 11 is 0. The van der Waals surface area contributed by atoms with Crippen molar-refractivity contribution in [2.24, 2.45) is 5.92 Å². The third kappa shape index (κ3) is 5.05. The molecule has 0 spiro atoms. The van der Waals surface area contributed by atoms with Crippen molar-refractivity contribution in [2.75, 3.05) is 10.6 Å². The van der Waals surface area contributed by atoms with E-state index < -0.39 is 5.60 Å². The molecule has 0 bridgehead atoms. The highest BCUT2D eigenvalue weighted by Crippen LogP contribution is 2.31. The summed E-state index contributed by atoms with van der Waals surface area (Å²) in [5.74, 6) is 1.50. The second-order valence-corrected chi connectivity index (χ2v) is 8.59. The van der Waals surface area contributed by atoms with Crippen LogP contribution in [0, 0.1) is 5.92 Å². The van der Waals surface area contributed by atoms with Crippen molar-refractivity contribution in [3.8, 4) is 0 Å². The topological polar surface area (TPSA) is 90.3 Å². The standard InChI is InChI=1S/C18H32N4O2/c1-11-7-8-12(9-14(11)23)20-15-13(18(5,6)24)10-19-16(21-15)22-17(2,3)4/h10-12,14,23-24H,7-9H2,1-6H3,(H2,19,20,21,22)/t11-,12-,14-/m1/s1. The van der Waals surface area contributed by atoms with E-state index in [0.29, 0.717) is 29.7 Å². The molecule has 24 heavy (non-hydrogen) atoms. The van der Waals surface area contributed by atoms with Gasteiger partial charge in [-0.25, -0.2) is 4.98 Å². The molecule has 6 nitrogen and oxygen atoms in total. The van der Waals surface area contributed by atoms with Crippen LogP contribution in [0.2, 0.25) is 0 Å². The maximum Gasteiger partial charge on any atom is 0.225 e. The van der Waals surface area contributed by atoms with Gasteiger partial charge < -0.3 is 20.8 Å².